The van der Waals surface area contributed by atoms with Crippen molar-refractivity contribution in [2.45, 2.75) is 18.2 Å². The summed E-state index contributed by atoms with van der Waals surface area (Å²) in [6.45, 7) is 2.43. The average Bonchev–Trinajstić information content (AvgIpc) is 2.89. The normalized spacial score (nSPS) is 10.5. The van der Waals surface area contributed by atoms with Crippen molar-refractivity contribution in [3.8, 4) is 0 Å². The van der Waals surface area contributed by atoms with Crippen LogP contribution in [-0.2, 0) is 0 Å². The molecular formula is C15H18FN3OS2. The first-order valence-electron chi connectivity index (χ1n) is 6.92. The lowest BCUT2D eigenvalue weighted by atomic mass is 10.2. The van der Waals surface area contributed by atoms with Gasteiger partial charge in [0.05, 0.1) is 11.3 Å². The topological polar surface area (TPSA) is 54.0 Å². The van der Waals surface area contributed by atoms with Gasteiger partial charge in [0.15, 0.2) is 0 Å². The quantitative estimate of drug-likeness (QED) is 0.598. The fourth-order valence-electron chi connectivity index (χ4n) is 1.89. The lowest BCUT2D eigenvalue weighted by Crippen LogP contribution is -2.25. The summed E-state index contributed by atoms with van der Waals surface area (Å²) >= 11 is 2.94. The molecule has 1 aromatic heterocycles. The molecule has 22 heavy (non-hydrogen) atoms. The standard InChI is InChI=1S/C15H18FN3OS2/c1-10-13(15(17-2)22-19-10)14(20)18-8-3-9-21-12-6-4-11(16)5-7-12/h4-7,17H,3,8-9H2,1-2H3,(H,18,20). The molecule has 1 amide bonds. The zero-order chi connectivity index (χ0) is 15.9. The third kappa shape index (κ3) is 4.45. The van der Waals surface area contributed by atoms with E-state index in [1.165, 1.54) is 23.7 Å². The lowest BCUT2D eigenvalue weighted by Gasteiger charge is -2.06. The number of anilines is 1. The number of hydrogen-bond acceptors (Lipinski definition) is 5. The molecule has 2 rings (SSSR count). The van der Waals surface area contributed by atoms with Gasteiger partial charge in [-0.1, -0.05) is 0 Å². The molecule has 4 nitrogen and oxygen atoms in total. The van der Waals surface area contributed by atoms with E-state index in [9.17, 15) is 9.18 Å². The van der Waals surface area contributed by atoms with Gasteiger partial charge in [-0.05, 0) is 54.9 Å². The number of thioether (sulfide) groups is 1. The van der Waals surface area contributed by atoms with Crippen molar-refractivity contribution in [3.05, 3.63) is 41.3 Å². The highest BCUT2D eigenvalue weighted by Gasteiger charge is 2.16. The zero-order valence-corrected chi connectivity index (χ0v) is 14.1. The fourth-order valence-corrected chi connectivity index (χ4v) is 3.49. The number of nitrogens with zero attached hydrogens (tertiary/aromatic N) is 1. The van der Waals surface area contributed by atoms with E-state index in [1.807, 2.05) is 6.92 Å². The first kappa shape index (κ1) is 16.8. The Morgan fingerprint density at radius 3 is 2.77 bits per heavy atom. The number of rotatable bonds is 7. The van der Waals surface area contributed by atoms with E-state index >= 15 is 0 Å². The van der Waals surface area contributed by atoms with E-state index in [0.717, 1.165) is 27.8 Å². The number of aromatic nitrogens is 1. The Hall–Kier alpha value is -1.60. The van der Waals surface area contributed by atoms with Gasteiger partial charge in [0.25, 0.3) is 5.91 Å². The number of carbonyl (C=O) groups is 1. The second kappa shape index (κ2) is 8.14. The molecule has 7 heteroatoms. The van der Waals surface area contributed by atoms with Crippen molar-refractivity contribution in [3.63, 3.8) is 0 Å². The van der Waals surface area contributed by atoms with Gasteiger partial charge < -0.3 is 10.6 Å². The summed E-state index contributed by atoms with van der Waals surface area (Å²) in [7, 11) is 1.78. The van der Waals surface area contributed by atoms with E-state index in [2.05, 4.69) is 15.0 Å². The van der Waals surface area contributed by atoms with Crippen molar-refractivity contribution in [2.24, 2.45) is 0 Å². The summed E-state index contributed by atoms with van der Waals surface area (Å²) in [5, 5.41) is 6.68. The summed E-state index contributed by atoms with van der Waals surface area (Å²) in [6, 6.07) is 6.43. The largest absolute Gasteiger partial charge is 0.378 e. The molecule has 0 saturated heterocycles. The summed E-state index contributed by atoms with van der Waals surface area (Å²) in [6.07, 6.45) is 0.847. The van der Waals surface area contributed by atoms with Gasteiger partial charge >= 0.3 is 0 Å². The number of halogens is 1. The molecule has 0 atom stereocenters. The second-order valence-corrected chi connectivity index (χ2v) is 6.58. The Bertz CT molecular complexity index is 628. The molecule has 0 spiro atoms. The highest BCUT2D eigenvalue weighted by Crippen LogP contribution is 2.23. The summed E-state index contributed by atoms with van der Waals surface area (Å²) < 4.78 is 17.0. The monoisotopic (exact) mass is 339 g/mol. The molecule has 0 aliphatic heterocycles. The van der Waals surface area contributed by atoms with Crippen molar-refractivity contribution in [2.75, 3.05) is 24.7 Å². The van der Waals surface area contributed by atoms with Crippen LogP contribution in [0.25, 0.3) is 0 Å². The first-order chi connectivity index (χ1) is 10.6. The molecule has 0 unspecified atom stereocenters. The maximum Gasteiger partial charge on any atom is 0.256 e. The molecule has 2 aromatic rings. The van der Waals surface area contributed by atoms with Gasteiger partial charge in [-0.25, -0.2) is 4.39 Å². The number of aryl methyl sites for hydroxylation is 1. The smallest absolute Gasteiger partial charge is 0.256 e. The highest BCUT2D eigenvalue weighted by molar-refractivity contribution is 7.99. The average molecular weight is 339 g/mol. The molecule has 0 bridgehead atoms. The lowest BCUT2D eigenvalue weighted by molar-refractivity contribution is 0.0954. The molecular weight excluding hydrogens is 321 g/mol. The van der Waals surface area contributed by atoms with Crippen LogP contribution < -0.4 is 10.6 Å². The van der Waals surface area contributed by atoms with Gasteiger partial charge in [-0.2, -0.15) is 4.37 Å². The second-order valence-electron chi connectivity index (χ2n) is 4.63. The van der Waals surface area contributed by atoms with E-state index in [-0.39, 0.29) is 11.7 Å². The molecule has 0 radical (unpaired) electrons. The van der Waals surface area contributed by atoms with Crippen LogP contribution in [0.3, 0.4) is 0 Å². The number of hydrogen-bond donors (Lipinski definition) is 2. The van der Waals surface area contributed by atoms with Crippen LogP contribution in [0.2, 0.25) is 0 Å². The number of benzene rings is 1. The van der Waals surface area contributed by atoms with Crippen molar-refractivity contribution in [1.82, 2.24) is 9.69 Å². The Kier molecular flexibility index (Phi) is 6.21. The third-order valence-electron chi connectivity index (χ3n) is 3.01. The first-order valence-corrected chi connectivity index (χ1v) is 8.68. The maximum absolute atomic E-state index is 12.8. The van der Waals surface area contributed by atoms with Gasteiger partial charge in [0.1, 0.15) is 10.8 Å². The summed E-state index contributed by atoms with van der Waals surface area (Å²) in [4.78, 5) is 13.2. The van der Waals surface area contributed by atoms with Gasteiger partial charge in [-0.3, -0.25) is 4.79 Å². The number of nitrogens with one attached hydrogen (secondary N) is 2. The molecule has 1 heterocycles. The molecule has 0 fully saturated rings. The number of amides is 1. The van der Waals surface area contributed by atoms with Crippen molar-refractivity contribution >= 4 is 34.2 Å². The van der Waals surface area contributed by atoms with Crippen LogP contribution in [0.4, 0.5) is 9.39 Å². The van der Waals surface area contributed by atoms with Crippen LogP contribution in [0.15, 0.2) is 29.2 Å². The fraction of sp³-hybridized carbons (Fsp3) is 0.333. The molecule has 1 aromatic carbocycles. The van der Waals surface area contributed by atoms with Crippen LogP contribution in [-0.4, -0.2) is 29.6 Å². The summed E-state index contributed by atoms with van der Waals surface area (Å²) in [5.74, 6) is 0.546. The third-order valence-corrected chi connectivity index (χ3v) is 5.06. The minimum absolute atomic E-state index is 0.0950. The predicted octanol–water partition coefficient (Wildman–Crippen LogP) is 3.54. The van der Waals surface area contributed by atoms with E-state index in [1.54, 1.807) is 30.9 Å². The van der Waals surface area contributed by atoms with E-state index in [0.29, 0.717) is 12.1 Å². The van der Waals surface area contributed by atoms with Crippen LogP contribution in [0.5, 0.6) is 0 Å². The van der Waals surface area contributed by atoms with E-state index in [4.69, 9.17) is 0 Å². The minimum atomic E-state index is -0.225. The number of carbonyl (C=O) groups excluding carboxylic acids is 1. The van der Waals surface area contributed by atoms with Crippen molar-refractivity contribution in [1.29, 1.82) is 0 Å². The molecule has 0 aliphatic carbocycles. The summed E-state index contributed by atoms with van der Waals surface area (Å²) in [5.41, 5.74) is 1.37. The highest BCUT2D eigenvalue weighted by atomic mass is 32.2. The maximum atomic E-state index is 12.8. The molecule has 2 N–H and O–H groups in total. The van der Waals surface area contributed by atoms with Gasteiger partial charge in [-0.15, -0.1) is 11.8 Å². The zero-order valence-electron chi connectivity index (χ0n) is 12.5. The Labute approximate surface area is 137 Å². The minimum Gasteiger partial charge on any atom is -0.378 e. The van der Waals surface area contributed by atoms with Crippen LogP contribution in [0.1, 0.15) is 22.5 Å². The Balaban J connectivity index is 1.73. The van der Waals surface area contributed by atoms with Gasteiger partial charge in [0.2, 0.25) is 0 Å². The molecule has 118 valence electrons. The molecule has 0 aliphatic rings. The van der Waals surface area contributed by atoms with Gasteiger partial charge in [0, 0.05) is 18.5 Å². The molecule has 0 saturated carbocycles. The Morgan fingerprint density at radius 1 is 1.36 bits per heavy atom. The van der Waals surface area contributed by atoms with Crippen LogP contribution >= 0.6 is 23.3 Å². The Morgan fingerprint density at radius 2 is 2.09 bits per heavy atom. The van der Waals surface area contributed by atoms with E-state index < -0.39 is 0 Å². The van der Waals surface area contributed by atoms with Crippen LogP contribution in [0, 0.1) is 12.7 Å². The predicted molar refractivity (Wildman–Crippen MR) is 90.5 cm³/mol. The van der Waals surface area contributed by atoms with Crippen molar-refractivity contribution < 1.29 is 9.18 Å². The SMILES string of the molecule is CNc1snc(C)c1C(=O)NCCCSc1ccc(F)cc1.